The van der Waals surface area contributed by atoms with Crippen molar-refractivity contribution in [3.8, 4) is 0 Å². The van der Waals surface area contributed by atoms with Crippen LogP contribution in [0.1, 0.15) is 47.3 Å². The molecule has 0 unspecified atom stereocenters. The van der Waals surface area contributed by atoms with Crippen LogP contribution < -0.4 is 15.5 Å². The molecular weight excluding hydrogens is 338 g/mol. The third kappa shape index (κ3) is 5.18. The van der Waals surface area contributed by atoms with Gasteiger partial charge in [0.1, 0.15) is 5.82 Å². The Morgan fingerprint density at radius 2 is 1.63 bits per heavy atom. The maximum atomic E-state index is 12.4. The van der Waals surface area contributed by atoms with Crippen LogP contribution in [0.5, 0.6) is 0 Å². The van der Waals surface area contributed by atoms with E-state index in [0.717, 1.165) is 54.3 Å². The second kappa shape index (κ2) is 8.37. The summed E-state index contributed by atoms with van der Waals surface area (Å²) in [6, 6.07) is 10.3. The molecule has 27 heavy (non-hydrogen) atoms. The number of aromatic nitrogens is 2. The van der Waals surface area contributed by atoms with Gasteiger partial charge in [0.05, 0.1) is 0 Å². The Hall–Kier alpha value is -2.63. The van der Waals surface area contributed by atoms with Gasteiger partial charge in [0.25, 0.3) is 5.91 Å². The minimum atomic E-state index is 0.0217. The Kier molecular flexibility index (Phi) is 5.94. The fraction of sp³-hybridized carbons (Fsp3) is 0.476. The summed E-state index contributed by atoms with van der Waals surface area (Å²) in [4.78, 5) is 23.3. The standard InChI is InChI=1S/C21H29N5O/c1-14-5-7-16(8-6-14)20(27)24-18-11-9-17(10-12-18)23-19-13-15(2)22-21(25-19)26(3)4/h5-8,13,17-18H,9-12H2,1-4H3,(H,24,27)(H,22,23,25)/t17-,18+. The van der Waals surface area contributed by atoms with Crippen molar-refractivity contribution in [2.24, 2.45) is 0 Å². The molecule has 6 nitrogen and oxygen atoms in total. The lowest BCUT2D eigenvalue weighted by Gasteiger charge is -2.30. The van der Waals surface area contributed by atoms with Crippen LogP contribution in [0.25, 0.3) is 0 Å². The molecule has 2 aromatic rings. The Labute approximate surface area is 161 Å². The third-order valence-corrected chi connectivity index (χ3v) is 4.97. The van der Waals surface area contributed by atoms with Gasteiger partial charge in [-0.15, -0.1) is 0 Å². The van der Waals surface area contributed by atoms with Gasteiger partial charge in [-0.3, -0.25) is 4.79 Å². The van der Waals surface area contributed by atoms with E-state index in [-0.39, 0.29) is 11.9 Å². The van der Waals surface area contributed by atoms with Crippen LogP contribution in [0.3, 0.4) is 0 Å². The van der Waals surface area contributed by atoms with Crippen LogP contribution in [-0.4, -0.2) is 42.1 Å². The van der Waals surface area contributed by atoms with Gasteiger partial charge in [0.2, 0.25) is 5.95 Å². The summed E-state index contributed by atoms with van der Waals surface area (Å²) in [6.45, 7) is 4.01. The van der Waals surface area contributed by atoms with Crippen molar-refractivity contribution in [3.63, 3.8) is 0 Å². The summed E-state index contributed by atoms with van der Waals surface area (Å²) in [5.41, 5.74) is 2.85. The molecule has 1 aliphatic carbocycles. The minimum absolute atomic E-state index is 0.0217. The van der Waals surface area contributed by atoms with Crippen LogP contribution in [0.15, 0.2) is 30.3 Å². The lowest BCUT2D eigenvalue weighted by Crippen LogP contribution is -2.40. The highest BCUT2D eigenvalue weighted by molar-refractivity contribution is 5.94. The topological polar surface area (TPSA) is 70.2 Å². The molecule has 3 rings (SSSR count). The van der Waals surface area contributed by atoms with E-state index < -0.39 is 0 Å². The van der Waals surface area contributed by atoms with Gasteiger partial charge in [-0.25, -0.2) is 4.98 Å². The predicted octanol–water partition coefficient (Wildman–Crippen LogP) is 3.31. The zero-order valence-corrected chi connectivity index (χ0v) is 16.6. The molecule has 1 aromatic carbocycles. The summed E-state index contributed by atoms with van der Waals surface area (Å²) in [5, 5.41) is 6.71. The van der Waals surface area contributed by atoms with Crippen LogP contribution >= 0.6 is 0 Å². The number of carbonyl (C=O) groups is 1. The van der Waals surface area contributed by atoms with Crippen molar-refractivity contribution in [3.05, 3.63) is 47.2 Å². The molecule has 0 radical (unpaired) electrons. The van der Waals surface area contributed by atoms with Crippen LogP contribution in [0, 0.1) is 13.8 Å². The highest BCUT2D eigenvalue weighted by Gasteiger charge is 2.23. The number of benzene rings is 1. The van der Waals surface area contributed by atoms with Crippen LogP contribution in [-0.2, 0) is 0 Å². The van der Waals surface area contributed by atoms with E-state index in [1.807, 2.05) is 63.2 Å². The number of aryl methyl sites for hydroxylation is 2. The highest BCUT2D eigenvalue weighted by Crippen LogP contribution is 2.23. The molecule has 0 atom stereocenters. The van der Waals surface area contributed by atoms with Gasteiger partial charge in [0, 0.05) is 43.5 Å². The fourth-order valence-corrected chi connectivity index (χ4v) is 3.39. The summed E-state index contributed by atoms with van der Waals surface area (Å²) in [6.07, 6.45) is 3.97. The first-order chi connectivity index (χ1) is 12.9. The van der Waals surface area contributed by atoms with Gasteiger partial charge in [-0.05, 0) is 51.7 Å². The van der Waals surface area contributed by atoms with E-state index in [2.05, 4.69) is 20.6 Å². The second-order valence-corrected chi connectivity index (χ2v) is 7.62. The maximum Gasteiger partial charge on any atom is 0.251 e. The van der Waals surface area contributed by atoms with Gasteiger partial charge < -0.3 is 15.5 Å². The Balaban J connectivity index is 1.52. The first kappa shape index (κ1) is 19.1. The Bertz CT molecular complexity index is 780. The number of amides is 1. The number of nitrogens with one attached hydrogen (secondary N) is 2. The Morgan fingerprint density at radius 1 is 1.00 bits per heavy atom. The number of rotatable bonds is 5. The molecule has 6 heteroatoms. The molecule has 0 saturated heterocycles. The molecule has 1 amide bonds. The average Bonchev–Trinajstić information content (AvgIpc) is 2.63. The summed E-state index contributed by atoms with van der Waals surface area (Å²) >= 11 is 0. The predicted molar refractivity (Wildman–Crippen MR) is 109 cm³/mol. The van der Waals surface area contributed by atoms with E-state index in [1.54, 1.807) is 0 Å². The summed E-state index contributed by atoms with van der Waals surface area (Å²) < 4.78 is 0. The molecule has 1 heterocycles. The maximum absolute atomic E-state index is 12.4. The second-order valence-electron chi connectivity index (χ2n) is 7.62. The number of hydrogen-bond donors (Lipinski definition) is 2. The van der Waals surface area contributed by atoms with Crippen LogP contribution in [0.4, 0.5) is 11.8 Å². The largest absolute Gasteiger partial charge is 0.367 e. The molecule has 0 spiro atoms. The molecule has 1 aromatic heterocycles. The monoisotopic (exact) mass is 367 g/mol. The van der Waals surface area contributed by atoms with E-state index >= 15 is 0 Å². The van der Waals surface area contributed by atoms with E-state index in [0.29, 0.717) is 6.04 Å². The number of nitrogens with zero attached hydrogens (tertiary/aromatic N) is 3. The van der Waals surface area contributed by atoms with Gasteiger partial charge >= 0.3 is 0 Å². The summed E-state index contributed by atoms with van der Waals surface area (Å²) in [5.74, 6) is 1.61. The molecule has 0 bridgehead atoms. The fourth-order valence-electron chi connectivity index (χ4n) is 3.39. The van der Waals surface area contributed by atoms with Crippen molar-refractivity contribution >= 4 is 17.7 Å². The zero-order valence-electron chi connectivity index (χ0n) is 16.6. The smallest absolute Gasteiger partial charge is 0.251 e. The third-order valence-electron chi connectivity index (χ3n) is 4.97. The average molecular weight is 367 g/mol. The van der Waals surface area contributed by atoms with Gasteiger partial charge in [0.15, 0.2) is 0 Å². The van der Waals surface area contributed by atoms with Crippen molar-refractivity contribution in [1.29, 1.82) is 0 Å². The molecule has 1 fully saturated rings. The number of carbonyl (C=O) groups excluding carboxylic acids is 1. The highest BCUT2D eigenvalue weighted by atomic mass is 16.1. The van der Waals surface area contributed by atoms with Crippen molar-refractivity contribution in [1.82, 2.24) is 15.3 Å². The minimum Gasteiger partial charge on any atom is -0.367 e. The molecule has 1 saturated carbocycles. The number of hydrogen-bond acceptors (Lipinski definition) is 5. The van der Waals surface area contributed by atoms with E-state index in [9.17, 15) is 4.79 Å². The first-order valence-corrected chi connectivity index (χ1v) is 9.58. The van der Waals surface area contributed by atoms with E-state index in [4.69, 9.17) is 0 Å². The molecule has 144 valence electrons. The Morgan fingerprint density at radius 3 is 2.26 bits per heavy atom. The normalized spacial score (nSPS) is 19.4. The lowest BCUT2D eigenvalue weighted by molar-refractivity contribution is 0.0926. The molecule has 0 aliphatic heterocycles. The quantitative estimate of drug-likeness (QED) is 0.848. The summed E-state index contributed by atoms with van der Waals surface area (Å²) in [7, 11) is 3.89. The van der Waals surface area contributed by atoms with E-state index in [1.165, 1.54) is 0 Å². The van der Waals surface area contributed by atoms with Crippen molar-refractivity contribution in [2.75, 3.05) is 24.3 Å². The van der Waals surface area contributed by atoms with Gasteiger partial charge in [-0.1, -0.05) is 17.7 Å². The SMILES string of the molecule is Cc1ccc(C(=O)N[C@H]2CC[C@@H](Nc3cc(C)nc(N(C)C)n3)CC2)cc1. The lowest BCUT2D eigenvalue weighted by atomic mass is 9.91. The number of anilines is 2. The zero-order chi connectivity index (χ0) is 19.4. The molecule has 2 N–H and O–H groups in total. The van der Waals surface area contributed by atoms with Crippen molar-refractivity contribution in [2.45, 2.75) is 51.6 Å². The van der Waals surface area contributed by atoms with Crippen LogP contribution in [0.2, 0.25) is 0 Å². The first-order valence-electron chi connectivity index (χ1n) is 9.58. The molecule has 1 aliphatic rings. The molecular formula is C21H29N5O. The van der Waals surface area contributed by atoms with Gasteiger partial charge in [-0.2, -0.15) is 4.98 Å². The van der Waals surface area contributed by atoms with Crippen molar-refractivity contribution < 1.29 is 4.79 Å².